The summed E-state index contributed by atoms with van der Waals surface area (Å²) in [7, 11) is -3.25. The molecule has 1 aliphatic heterocycles. The average molecular weight is 457 g/mol. The molecule has 1 aliphatic rings. The molecule has 0 spiro atoms. The second-order valence-corrected chi connectivity index (χ2v) is 9.75. The number of sulfone groups is 1. The molecule has 1 heterocycles. The molecule has 0 radical (unpaired) electrons. The molecule has 1 aromatic rings. The van der Waals surface area contributed by atoms with E-state index in [0.29, 0.717) is 6.07 Å². The van der Waals surface area contributed by atoms with Crippen LogP contribution < -0.4 is 0 Å². The van der Waals surface area contributed by atoms with Crippen LogP contribution in [0.25, 0.3) is 0 Å². The molecule has 0 amide bonds. The van der Waals surface area contributed by atoms with Crippen molar-refractivity contribution in [2.45, 2.75) is 54.8 Å². The van der Waals surface area contributed by atoms with Crippen LogP contribution in [0.2, 0.25) is 0 Å². The Balaban J connectivity index is 2.38. The first kappa shape index (κ1) is 24.4. The minimum atomic E-state index is -4.71. The highest BCUT2D eigenvalue weighted by molar-refractivity contribution is 7.92. The van der Waals surface area contributed by atoms with Crippen LogP contribution in [0.1, 0.15) is 32.3 Å². The lowest BCUT2D eigenvalue weighted by molar-refractivity contribution is -0.137. The third kappa shape index (κ3) is 5.05. The van der Waals surface area contributed by atoms with Gasteiger partial charge in [-0.1, -0.05) is 6.07 Å². The van der Waals surface area contributed by atoms with E-state index in [-0.39, 0.29) is 25.0 Å². The Morgan fingerprint density at radius 2 is 1.87 bits per heavy atom. The van der Waals surface area contributed by atoms with E-state index >= 15 is 0 Å². The maximum Gasteiger partial charge on any atom is 0.432 e. The minimum absolute atomic E-state index is 0.0106. The van der Waals surface area contributed by atoms with Crippen LogP contribution in [-0.2, 0) is 20.8 Å². The van der Waals surface area contributed by atoms with E-state index in [2.05, 4.69) is 4.99 Å². The van der Waals surface area contributed by atoms with E-state index in [1.807, 2.05) is 0 Å². The molecule has 0 N–H and O–H groups in total. The molecule has 2 unspecified atom stereocenters. The van der Waals surface area contributed by atoms with Crippen LogP contribution in [0.5, 0.6) is 0 Å². The van der Waals surface area contributed by atoms with Crippen molar-refractivity contribution in [3.05, 3.63) is 41.5 Å². The Hall–Kier alpha value is -1.88. The van der Waals surface area contributed by atoms with E-state index in [1.165, 1.54) is 13.8 Å². The largest absolute Gasteiger partial charge is 0.432 e. The number of ether oxygens (including phenoxy) is 1. The second kappa shape index (κ2) is 8.33. The van der Waals surface area contributed by atoms with Crippen LogP contribution in [0.4, 0.5) is 26.3 Å². The number of alkyl halides is 6. The zero-order valence-electron chi connectivity index (χ0n) is 16.4. The molecule has 0 aromatic heterocycles. The molecular formula is C19H21F6NO3S. The Morgan fingerprint density at radius 1 is 1.23 bits per heavy atom. The minimum Gasteiger partial charge on any atom is -0.374 e. The van der Waals surface area contributed by atoms with Crippen LogP contribution in [0.3, 0.4) is 0 Å². The molecule has 30 heavy (non-hydrogen) atoms. The van der Waals surface area contributed by atoms with Crippen LogP contribution in [0.15, 0.2) is 45.8 Å². The van der Waals surface area contributed by atoms with Gasteiger partial charge in [0.15, 0.2) is 9.84 Å². The number of hydrogen-bond donors (Lipinski definition) is 0. The lowest BCUT2D eigenvalue weighted by atomic mass is 9.92. The average Bonchev–Trinajstić information content (AvgIpc) is 2.64. The maximum atomic E-state index is 13.1. The summed E-state index contributed by atoms with van der Waals surface area (Å²) < 4.78 is 108. The van der Waals surface area contributed by atoms with Crippen LogP contribution in [-0.4, -0.2) is 44.8 Å². The molecule has 0 aliphatic carbocycles. The molecule has 11 heteroatoms. The summed E-state index contributed by atoms with van der Waals surface area (Å²) >= 11 is 0. The van der Waals surface area contributed by atoms with Crippen molar-refractivity contribution >= 4 is 15.5 Å². The normalized spacial score (nSPS) is 24.8. The van der Waals surface area contributed by atoms with Gasteiger partial charge in [0.25, 0.3) is 0 Å². The monoisotopic (exact) mass is 457 g/mol. The summed E-state index contributed by atoms with van der Waals surface area (Å²) in [4.78, 5) is 2.70. The molecule has 1 aromatic carbocycles. The Labute approximate surface area is 170 Å². The lowest BCUT2D eigenvalue weighted by Gasteiger charge is -2.38. The molecule has 4 nitrogen and oxygen atoms in total. The number of allylic oxidation sites excluding steroid dienone is 1. The number of rotatable bonds is 4. The summed E-state index contributed by atoms with van der Waals surface area (Å²) in [5.41, 5.74) is -2.12. The van der Waals surface area contributed by atoms with Gasteiger partial charge in [-0.2, -0.15) is 26.3 Å². The summed E-state index contributed by atoms with van der Waals surface area (Å²) in [5.74, 6) is 0. The molecule has 2 atom stereocenters. The number of hydrogen-bond acceptors (Lipinski definition) is 4. The zero-order chi connectivity index (χ0) is 23.0. The van der Waals surface area contributed by atoms with Crippen molar-refractivity contribution in [2.75, 3.05) is 13.7 Å². The molecule has 1 fully saturated rings. The SMILES string of the molecule is C/N=C(\C=C(/C)C1CC(C)(S(=O)(=O)c2cccc(C(F)(F)F)c2)CCO1)C(F)(F)F. The van der Waals surface area contributed by atoms with Gasteiger partial charge in [-0.05, 0) is 56.5 Å². The fourth-order valence-electron chi connectivity index (χ4n) is 3.21. The number of benzene rings is 1. The fourth-order valence-corrected chi connectivity index (χ4v) is 5.04. The first-order chi connectivity index (χ1) is 13.6. The third-order valence-corrected chi connectivity index (χ3v) is 7.63. The lowest BCUT2D eigenvalue weighted by Crippen LogP contribution is -2.45. The third-order valence-electron chi connectivity index (χ3n) is 5.09. The van der Waals surface area contributed by atoms with Crippen molar-refractivity contribution < 1.29 is 39.5 Å². The van der Waals surface area contributed by atoms with E-state index in [1.54, 1.807) is 0 Å². The topological polar surface area (TPSA) is 55.7 Å². The zero-order valence-corrected chi connectivity index (χ0v) is 17.2. The van der Waals surface area contributed by atoms with Crippen molar-refractivity contribution in [1.82, 2.24) is 0 Å². The highest BCUT2D eigenvalue weighted by Crippen LogP contribution is 2.40. The summed E-state index contributed by atoms with van der Waals surface area (Å²) in [5, 5.41) is 0. The summed E-state index contributed by atoms with van der Waals surface area (Å²) in [6.07, 6.45) is -9.78. The number of aliphatic imine (C=N–C) groups is 1. The molecule has 1 saturated heterocycles. The molecule has 168 valence electrons. The van der Waals surface area contributed by atoms with Crippen molar-refractivity contribution in [1.29, 1.82) is 0 Å². The van der Waals surface area contributed by atoms with Gasteiger partial charge in [-0.15, -0.1) is 0 Å². The number of halogens is 6. The Kier molecular flexibility index (Phi) is 6.78. The highest BCUT2D eigenvalue weighted by Gasteiger charge is 2.46. The van der Waals surface area contributed by atoms with Crippen LogP contribution >= 0.6 is 0 Å². The van der Waals surface area contributed by atoms with Crippen molar-refractivity contribution in [3.8, 4) is 0 Å². The molecular weight excluding hydrogens is 436 g/mol. The molecule has 0 bridgehead atoms. The van der Waals surface area contributed by atoms with Gasteiger partial charge in [-0.3, -0.25) is 4.99 Å². The van der Waals surface area contributed by atoms with E-state index < -0.39 is 49.2 Å². The van der Waals surface area contributed by atoms with Crippen LogP contribution in [0, 0.1) is 0 Å². The maximum absolute atomic E-state index is 13.1. The van der Waals surface area contributed by atoms with Gasteiger partial charge in [0, 0.05) is 13.7 Å². The number of nitrogens with zero attached hydrogens (tertiary/aromatic N) is 1. The van der Waals surface area contributed by atoms with Gasteiger partial charge in [-0.25, -0.2) is 8.42 Å². The van der Waals surface area contributed by atoms with E-state index in [4.69, 9.17) is 4.74 Å². The van der Waals surface area contributed by atoms with E-state index in [9.17, 15) is 34.8 Å². The van der Waals surface area contributed by atoms with E-state index in [0.717, 1.165) is 31.3 Å². The van der Waals surface area contributed by atoms with Gasteiger partial charge >= 0.3 is 12.4 Å². The summed E-state index contributed by atoms with van der Waals surface area (Å²) in [6.45, 7) is 2.66. The fraction of sp³-hybridized carbons (Fsp3) is 0.526. The predicted octanol–water partition coefficient (Wildman–Crippen LogP) is 5.00. The summed E-state index contributed by atoms with van der Waals surface area (Å²) in [6, 6.07) is 3.42. The Morgan fingerprint density at radius 3 is 2.40 bits per heavy atom. The first-order valence-corrected chi connectivity index (χ1v) is 10.4. The smallest absolute Gasteiger partial charge is 0.374 e. The van der Waals surface area contributed by atoms with Crippen molar-refractivity contribution in [3.63, 3.8) is 0 Å². The second-order valence-electron chi connectivity index (χ2n) is 7.29. The van der Waals surface area contributed by atoms with Crippen molar-refractivity contribution in [2.24, 2.45) is 4.99 Å². The van der Waals surface area contributed by atoms with Gasteiger partial charge in [0.1, 0.15) is 5.71 Å². The highest BCUT2D eigenvalue weighted by atomic mass is 32.2. The molecule has 0 saturated carbocycles. The van der Waals surface area contributed by atoms with Gasteiger partial charge in [0.2, 0.25) is 0 Å². The first-order valence-electron chi connectivity index (χ1n) is 8.87. The molecule has 2 rings (SSSR count). The predicted molar refractivity (Wildman–Crippen MR) is 99.2 cm³/mol. The Bertz CT molecular complexity index is 950. The standard InChI is InChI=1S/C19H21F6NO3S/c1-12(9-16(26-3)19(23,24)25)15-11-17(2,7-8-29-15)30(27,28)14-6-4-5-13(10-14)18(20,21)22/h4-6,9-10,15H,7-8,11H2,1-3H3/b12-9+,26-16+. The quantitative estimate of drug-likeness (QED) is 0.473. The van der Waals surface area contributed by atoms with Gasteiger partial charge < -0.3 is 4.74 Å². The van der Waals surface area contributed by atoms with Gasteiger partial charge in [0.05, 0.1) is 21.3 Å².